The second kappa shape index (κ2) is 12.5. The third-order valence-corrected chi connectivity index (χ3v) is 7.14. The number of ketones is 1. The van der Waals surface area contributed by atoms with Crippen LogP contribution >= 0.6 is 0 Å². The summed E-state index contributed by atoms with van der Waals surface area (Å²) < 4.78 is 17.7. The van der Waals surface area contributed by atoms with Crippen LogP contribution in [-0.2, 0) is 0 Å². The number of rotatable bonds is 8. The van der Waals surface area contributed by atoms with E-state index < -0.39 is 11.4 Å². The summed E-state index contributed by atoms with van der Waals surface area (Å²) in [4.78, 5) is 25.4. The molecule has 0 radical (unpaired) electrons. The lowest BCUT2D eigenvalue weighted by molar-refractivity contribution is 0.0733. The van der Waals surface area contributed by atoms with Crippen molar-refractivity contribution in [2.24, 2.45) is 5.41 Å². The van der Waals surface area contributed by atoms with E-state index in [0.717, 1.165) is 22.4 Å². The second-order valence-electron chi connectivity index (χ2n) is 13.1. The van der Waals surface area contributed by atoms with Gasteiger partial charge in [0.1, 0.15) is 28.6 Å². The third kappa shape index (κ3) is 8.13. The van der Waals surface area contributed by atoms with E-state index in [1.54, 1.807) is 48.5 Å². The fraction of sp³-hybridized carbons (Fsp3) is 0.316. The first-order chi connectivity index (χ1) is 20.1. The van der Waals surface area contributed by atoms with Gasteiger partial charge in [-0.05, 0) is 118 Å². The van der Waals surface area contributed by atoms with Crippen molar-refractivity contribution in [1.29, 1.82) is 0 Å². The molecule has 0 bridgehead atoms. The lowest BCUT2D eigenvalue weighted by atomic mass is 9.86. The summed E-state index contributed by atoms with van der Waals surface area (Å²) in [6.07, 6.45) is 0. The zero-order valence-corrected chi connectivity index (χ0v) is 26.7. The van der Waals surface area contributed by atoms with Crippen LogP contribution in [0, 0.1) is 19.3 Å². The van der Waals surface area contributed by atoms with E-state index in [2.05, 4.69) is 32.0 Å². The first kappa shape index (κ1) is 31.6. The minimum absolute atomic E-state index is 0.0771. The predicted octanol–water partition coefficient (Wildman–Crippen LogP) is 9.87. The Balaban J connectivity index is 1.39. The summed E-state index contributed by atoms with van der Waals surface area (Å²) in [5.41, 5.74) is 4.69. The number of aryl methyl sites for hydroxylation is 2. The maximum absolute atomic E-state index is 12.9. The lowest BCUT2D eigenvalue weighted by Gasteiger charge is -2.23. The molecule has 5 heteroatoms. The number of hydrogen-bond acceptors (Lipinski definition) is 5. The normalized spacial score (nSPS) is 12.4. The molecule has 43 heavy (non-hydrogen) atoms. The summed E-state index contributed by atoms with van der Waals surface area (Å²) in [5.74, 6) is 2.40. The van der Waals surface area contributed by atoms with Gasteiger partial charge in [0.2, 0.25) is 0 Å². The van der Waals surface area contributed by atoms with Crippen molar-refractivity contribution < 1.29 is 23.8 Å². The highest BCUT2D eigenvalue weighted by Gasteiger charge is 2.23. The molecule has 0 aliphatic rings. The van der Waals surface area contributed by atoms with Crippen molar-refractivity contribution in [3.05, 3.63) is 118 Å². The van der Waals surface area contributed by atoms with Crippen molar-refractivity contribution >= 4 is 11.8 Å². The summed E-state index contributed by atoms with van der Waals surface area (Å²) >= 11 is 0. The Hall–Kier alpha value is -4.38. The lowest BCUT2D eigenvalue weighted by Crippen LogP contribution is -2.23. The molecule has 4 aromatic rings. The highest BCUT2D eigenvalue weighted by molar-refractivity contribution is 5.99. The summed E-state index contributed by atoms with van der Waals surface area (Å²) in [5, 5.41) is 0. The molecule has 1 atom stereocenters. The molecule has 4 aromatic carbocycles. The van der Waals surface area contributed by atoms with E-state index in [-0.39, 0.29) is 17.3 Å². The van der Waals surface area contributed by atoms with Gasteiger partial charge in [0.25, 0.3) is 0 Å². The number of carbonyl (C=O) groups excluding carboxylic acids is 2. The molecular formula is C38H42O5. The zero-order valence-electron chi connectivity index (χ0n) is 26.7. The Kier molecular flexibility index (Phi) is 9.15. The molecule has 4 rings (SSSR count). The van der Waals surface area contributed by atoms with E-state index in [4.69, 9.17) is 14.2 Å². The first-order valence-electron chi connectivity index (χ1n) is 14.7. The van der Waals surface area contributed by atoms with Crippen LogP contribution in [0.1, 0.15) is 97.4 Å². The van der Waals surface area contributed by atoms with Crippen molar-refractivity contribution in [3.63, 3.8) is 0 Å². The minimum Gasteiger partial charge on any atom is -0.488 e. The maximum atomic E-state index is 12.9. The van der Waals surface area contributed by atoms with Crippen molar-refractivity contribution in [2.45, 2.75) is 73.8 Å². The first-order valence-corrected chi connectivity index (χ1v) is 14.7. The van der Waals surface area contributed by atoms with Gasteiger partial charge in [-0.1, -0.05) is 52.0 Å². The molecule has 0 spiro atoms. The Labute approximate surface area is 255 Å². The summed E-state index contributed by atoms with van der Waals surface area (Å²) in [6, 6.07) is 26.1. The number of hydrogen-bond donors (Lipinski definition) is 0. The number of Topliss-reactive ketones (excluding diaryl/α,β-unsaturated/α-hetero) is 1. The molecule has 1 unspecified atom stereocenters. The highest BCUT2D eigenvalue weighted by atomic mass is 16.5. The summed E-state index contributed by atoms with van der Waals surface area (Å²) in [7, 11) is 0. The molecular weight excluding hydrogens is 536 g/mol. The molecule has 224 valence electrons. The topological polar surface area (TPSA) is 61.8 Å². The monoisotopic (exact) mass is 578 g/mol. The maximum Gasteiger partial charge on any atom is 0.343 e. The number of benzene rings is 4. The van der Waals surface area contributed by atoms with E-state index in [1.807, 2.05) is 66.7 Å². The summed E-state index contributed by atoms with van der Waals surface area (Å²) in [6.45, 7) is 18.0. The highest BCUT2D eigenvalue weighted by Crippen LogP contribution is 2.32. The Morgan fingerprint density at radius 3 is 1.53 bits per heavy atom. The molecule has 0 aliphatic carbocycles. The molecule has 0 amide bonds. The zero-order chi connectivity index (χ0) is 31.5. The SMILES string of the molecule is Cc1cc(C(C)c2ccc(OC(C)(C)C)c(C)c2)ccc1OC(=O)c1ccc(Oc2ccc(C(=O)C(C)(C)C)cc2)cc1. The van der Waals surface area contributed by atoms with Gasteiger partial charge in [-0.15, -0.1) is 0 Å². The van der Waals surface area contributed by atoms with Gasteiger partial charge in [-0.2, -0.15) is 0 Å². The molecule has 5 nitrogen and oxygen atoms in total. The van der Waals surface area contributed by atoms with E-state index in [1.165, 1.54) is 5.56 Å². The van der Waals surface area contributed by atoms with Gasteiger partial charge in [0.05, 0.1) is 5.56 Å². The average Bonchev–Trinajstić information content (AvgIpc) is 2.94. The van der Waals surface area contributed by atoms with E-state index in [0.29, 0.717) is 28.4 Å². The quantitative estimate of drug-likeness (QED) is 0.118. The smallest absolute Gasteiger partial charge is 0.343 e. The van der Waals surface area contributed by atoms with Gasteiger partial charge >= 0.3 is 5.97 Å². The van der Waals surface area contributed by atoms with Crippen molar-refractivity contribution in [2.75, 3.05) is 0 Å². The largest absolute Gasteiger partial charge is 0.488 e. The van der Waals surface area contributed by atoms with Crippen LogP contribution in [0.5, 0.6) is 23.0 Å². The fourth-order valence-electron chi connectivity index (χ4n) is 4.70. The molecule has 0 aromatic heterocycles. The predicted molar refractivity (Wildman–Crippen MR) is 172 cm³/mol. The van der Waals surface area contributed by atoms with Gasteiger partial charge in [-0.3, -0.25) is 4.79 Å². The number of esters is 1. The van der Waals surface area contributed by atoms with Crippen LogP contribution < -0.4 is 14.2 Å². The van der Waals surface area contributed by atoms with Crippen LogP contribution in [0.4, 0.5) is 0 Å². The van der Waals surface area contributed by atoms with Crippen LogP contribution in [0.3, 0.4) is 0 Å². The van der Waals surface area contributed by atoms with E-state index in [9.17, 15) is 9.59 Å². The molecule has 0 N–H and O–H groups in total. The Morgan fingerprint density at radius 2 is 1.09 bits per heavy atom. The minimum atomic E-state index is -0.444. The molecule has 0 saturated carbocycles. The third-order valence-electron chi connectivity index (χ3n) is 7.14. The molecule has 0 aliphatic heterocycles. The Bertz CT molecular complexity index is 1600. The van der Waals surface area contributed by atoms with Crippen LogP contribution in [-0.4, -0.2) is 17.4 Å². The van der Waals surface area contributed by atoms with Crippen LogP contribution in [0.25, 0.3) is 0 Å². The standard InChI is InChI=1S/C38H42O5/c1-24-22-29(26(3)30-15-21-34(25(2)23-30)43-38(7,8)9)14-20-33(24)42-36(40)28-12-18-32(19-13-28)41-31-16-10-27(11-17-31)35(39)37(4,5)6/h10-23,26H,1-9H3. The Morgan fingerprint density at radius 1 is 0.628 bits per heavy atom. The van der Waals surface area contributed by atoms with Crippen molar-refractivity contribution in [1.82, 2.24) is 0 Å². The van der Waals surface area contributed by atoms with Crippen LogP contribution in [0.2, 0.25) is 0 Å². The molecule has 0 saturated heterocycles. The second-order valence-corrected chi connectivity index (χ2v) is 13.1. The van der Waals surface area contributed by atoms with Gasteiger partial charge in [0, 0.05) is 16.9 Å². The van der Waals surface area contributed by atoms with Gasteiger partial charge in [0.15, 0.2) is 5.78 Å². The molecule has 0 fully saturated rings. The van der Waals surface area contributed by atoms with E-state index >= 15 is 0 Å². The fourth-order valence-corrected chi connectivity index (χ4v) is 4.70. The number of ether oxygens (including phenoxy) is 3. The van der Waals surface area contributed by atoms with Gasteiger partial charge in [-0.25, -0.2) is 4.79 Å². The number of carbonyl (C=O) groups is 2. The van der Waals surface area contributed by atoms with Crippen molar-refractivity contribution in [3.8, 4) is 23.0 Å². The van der Waals surface area contributed by atoms with Gasteiger partial charge < -0.3 is 14.2 Å². The van der Waals surface area contributed by atoms with Crippen LogP contribution in [0.15, 0.2) is 84.9 Å². The molecule has 0 heterocycles. The average molecular weight is 579 g/mol.